The van der Waals surface area contributed by atoms with E-state index in [9.17, 15) is 14.8 Å². The Balaban J connectivity index is 3.06. The number of rotatable bonds is 4. The minimum atomic E-state index is -1.02. The van der Waals surface area contributed by atoms with Crippen LogP contribution in [-0.4, -0.2) is 40.0 Å². The van der Waals surface area contributed by atoms with Gasteiger partial charge in [-0.15, -0.1) is 0 Å². The second-order valence-corrected chi connectivity index (χ2v) is 3.72. The van der Waals surface area contributed by atoms with Crippen molar-refractivity contribution in [3.8, 4) is 0 Å². The van der Waals surface area contributed by atoms with Crippen molar-refractivity contribution < 1.29 is 19.9 Å². The maximum Gasteiger partial charge on any atom is 0.278 e. The standard InChI is InChI=1S/C12H16N2O4/c1-3-14(18)12(17)10-7-5-4-6-9(10)11(16)13-8(2)15/h4-8,15,18H,3H2,1-2H3,(H,13,16). The quantitative estimate of drug-likeness (QED) is 0.416. The average Bonchev–Trinajstić information content (AvgIpc) is 2.36. The lowest BCUT2D eigenvalue weighted by molar-refractivity contribution is -0.0542. The third-order valence-electron chi connectivity index (χ3n) is 2.28. The SMILES string of the molecule is CCN(O)C(=O)c1ccccc1C(=O)NC(C)O. The van der Waals surface area contributed by atoms with E-state index < -0.39 is 18.0 Å². The van der Waals surface area contributed by atoms with Crippen molar-refractivity contribution in [1.29, 1.82) is 0 Å². The van der Waals surface area contributed by atoms with Gasteiger partial charge in [0, 0.05) is 6.54 Å². The predicted octanol–water partition coefficient (Wildman–Crippen LogP) is 0.606. The maximum absolute atomic E-state index is 11.8. The Morgan fingerprint density at radius 3 is 2.39 bits per heavy atom. The normalized spacial score (nSPS) is 11.8. The Bertz CT molecular complexity index is 445. The van der Waals surface area contributed by atoms with Gasteiger partial charge in [-0.2, -0.15) is 0 Å². The Morgan fingerprint density at radius 1 is 1.33 bits per heavy atom. The van der Waals surface area contributed by atoms with E-state index in [4.69, 9.17) is 5.11 Å². The van der Waals surface area contributed by atoms with Crippen molar-refractivity contribution in [2.45, 2.75) is 20.1 Å². The van der Waals surface area contributed by atoms with Crippen LogP contribution in [0.15, 0.2) is 24.3 Å². The first kappa shape index (κ1) is 14.1. The number of amides is 2. The van der Waals surface area contributed by atoms with E-state index in [-0.39, 0.29) is 17.7 Å². The molecule has 0 heterocycles. The highest BCUT2D eigenvalue weighted by atomic mass is 16.5. The van der Waals surface area contributed by atoms with Gasteiger partial charge in [-0.05, 0) is 26.0 Å². The molecule has 0 radical (unpaired) electrons. The van der Waals surface area contributed by atoms with Crippen LogP contribution in [0.3, 0.4) is 0 Å². The van der Waals surface area contributed by atoms with Crippen LogP contribution in [0.25, 0.3) is 0 Å². The molecule has 1 rings (SSSR count). The molecule has 0 bridgehead atoms. The fraction of sp³-hybridized carbons (Fsp3) is 0.333. The third-order valence-corrected chi connectivity index (χ3v) is 2.28. The Hall–Kier alpha value is -1.92. The van der Waals surface area contributed by atoms with Crippen LogP contribution in [0, 0.1) is 0 Å². The fourth-order valence-electron chi connectivity index (χ4n) is 1.42. The monoisotopic (exact) mass is 252 g/mol. The zero-order valence-corrected chi connectivity index (χ0v) is 10.3. The summed E-state index contributed by atoms with van der Waals surface area (Å²) in [7, 11) is 0. The number of carbonyl (C=O) groups excluding carboxylic acids is 2. The van der Waals surface area contributed by atoms with Crippen molar-refractivity contribution in [3.05, 3.63) is 35.4 Å². The maximum atomic E-state index is 11.8. The van der Waals surface area contributed by atoms with Gasteiger partial charge in [0.05, 0.1) is 11.1 Å². The lowest BCUT2D eigenvalue weighted by atomic mass is 10.1. The van der Waals surface area contributed by atoms with Crippen LogP contribution in [0.1, 0.15) is 34.6 Å². The van der Waals surface area contributed by atoms with Gasteiger partial charge in [0.15, 0.2) is 0 Å². The summed E-state index contributed by atoms with van der Waals surface area (Å²) in [5, 5.41) is 21.3. The molecule has 98 valence electrons. The summed E-state index contributed by atoms with van der Waals surface area (Å²) in [4.78, 5) is 23.6. The molecule has 0 aliphatic carbocycles. The van der Waals surface area contributed by atoms with Gasteiger partial charge in [-0.25, -0.2) is 5.06 Å². The zero-order valence-electron chi connectivity index (χ0n) is 10.3. The van der Waals surface area contributed by atoms with E-state index in [1.165, 1.54) is 19.1 Å². The summed E-state index contributed by atoms with van der Waals surface area (Å²) >= 11 is 0. The van der Waals surface area contributed by atoms with E-state index in [2.05, 4.69) is 5.32 Å². The van der Waals surface area contributed by atoms with E-state index in [0.29, 0.717) is 5.06 Å². The molecular weight excluding hydrogens is 236 g/mol. The molecule has 0 aromatic heterocycles. The highest BCUT2D eigenvalue weighted by Gasteiger charge is 2.20. The van der Waals surface area contributed by atoms with Crippen molar-refractivity contribution in [2.24, 2.45) is 0 Å². The largest absolute Gasteiger partial charge is 0.374 e. The smallest absolute Gasteiger partial charge is 0.278 e. The molecule has 0 saturated carbocycles. The molecule has 18 heavy (non-hydrogen) atoms. The molecule has 3 N–H and O–H groups in total. The molecule has 1 aromatic rings. The highest BCUT2D eigenvalue weighted by Crippen LogP contribution is 2.11. The van der Waals surface area contributed by atoms with E-state index in [1.54, 1.807) is 19.1 Å². The average molecular weight is 252 g/mol. The molecule has 0 spiro atoms. The fourth-order valence-corrected chi connectivity index (χ4v) is 1.42. The number of aliphatic hydroxyl groups is 1. The number of hydrogen-bond acceptors (Lipinski definition) is 4. The summed E-state index contributed by atoms with van der Waals surface area (Å²) in [6.07, 6.45) is -1.02. The molecule has 0 aliphatic rings. The van der Waals surface area contributed by atoms with Crippen molar-refractivity contribution in [2.75, 3.05) is 6.54 Å². The zero-order chi connectivity index (χ0) is 13.7. The summed E-state index contributed by atoms with van der Waals surface area (Å²) in [6, 6.07) is 6.09. The second-order valence-electron chi connectivity index (χ2n) is 3.72. The minimum Gasteiger partial charge on any atom is -0.374 e. The van der Waals surface area contributed by atoms with E-state index >= 15 is 0 Å². The minimum absolute atomic E-state index is 0.0833. The molecule has 1 aromatic carbocycles. The topological polar surface area (TPSA) is 89.9 Å². The molecule has 2 amide bonds. The molecule has 1 atom stereocenters. The molecule has 0 fully saturated rings. The van der Waals surface area contributed by atoms with Gasteiger partial charge in [-0.1, -0.05) is 12.1 Å². The molecular formula is C12H16N2O4. The van der Waals surface area contributed by atoms with Crippen molar-refractivity contribution >= 4 is 11.8 Å². The molecule has 6 nitrogen and oxygen atoms in total. The summed E-state index contributed by atoms with van der Waals surface area (Å²) in [5.74, 6) is -1.23. The van der Waals surface area contributed by atoms with Crippen LogP contribution >= 0.6 is 0 Å². The Labute approximate surface area is 105 Å². The van der Waals surface area contributed by atoms with Gasteiger partial charge in [0.2, 0.25) is 0 Å². The number of carbonyl (C=O) groups is 2. The first-order valence-corrected chi connectivity index (χ1v) is 5.56. The first-order valence-electron chi connectivity index (χ1n) is 5.56. The van der Waals surface area contributed by atoms with Crippen LogP contribution in [0.5, 0.6) is 0 Å². The summed E-state index contributed by atoms with van der Waals surface area (Å²) in [5.41, 5.74) is 0.191. The predicted molar refractivity (Wildman–Crippen MR) is 64.1 cm³/mol. The van der Waals surface area contributed by atoms with Gasteiger partial charge in [0.1, 0.15) is 6.23 Å². The Kier molecular flexibility index (Phi) is 4.82. The summed E-state index contributed by atoms with van der Waals surface area (Å²) in [6.45, 7) is 3.12. The van der Waals surface area contributed by atoms with E-state index in [0.717, 1.165) is 0 Å². The molecule has 6 heteroatoms. The molecule has 0 saturated heterocycles. The number of hydrogen-bond donors (Lipinski definition) is 3. The van der Waals surface area contributed by atoms with Crippen LogP contribution in [0.4, 0.5) is 0 Å². The van der Waals surface area contributed by atoms with Gasteiger partial charge >= 0.3 is 0 Å². The van der Waals surface area contributed by atoms with Gasteiger partial charge < -0.3 is 10.4 Å². The van der Waals surface area contributed by atoms with Crippen LogP contribution in [0.2, 0.25) is 0 Å². The van der Waals surface area contributed by atoms with Gasteiger partial charge in [0.25, 0.3) is 11.8 Å². The number of benzene rings is 1. The molecule has 1 unspecified atom stereocenters. The second kappa shape index (κ2) is 6.13. The highest BCUT2D eigenvalue weighted by molar-refractivity contribution is 6.06. The summed E-state index contributed by atoms with van der Waals surface area (Å²) < 4.78 is 0. The number of nitrogens with one attached hydrogen (secondary N) is 1. The lowest BCUT2D eigenvalue weighted by Crippen LogP contribution is -2.35. The van der Waals surface area contributed by atoms with E-state index in [1.807, 2.05) is 0 Å². The van der Waals surface area contributed by atoms with Crippen LogP contribution < -0.4 is 5.32 Å². The van der Waals surface area contributed by atoms with Crippen molar-refractivity contribution in [3.63, 3.8) is 0 Å². The van der Waals surface area contributed by atoms with Crippen molar-refractivity contribution in [1.82, 2.24) is 10.4 Å². The number of hydroxylamine groups is 2. The van der Waals surface area contributed by atoms with Gasteiger partial charge in [-0.3, -0.25) is 14.8 Å². The number of aliphatic hydroxyl groups excluding tert-OH is 1. The molecule has 0 aliphatic heterocycles. The first-order chi connectivity index (χ1) is 8.47. The number of nitrogens with zero attached hydrogens (tertiary/aromatic N) is 1. The lowest BCUT2D eigenvalue weighted by Gasteiger charge is -2.15. The third kappa shape index (κ3) is 3.28. The Morgan fingerprint density at radius 2 is 1.89 bits per heavy atom. The van der Waals surface area contributed by atoms with Crippen LogP contribution in [-0.2, 0) is 0 Å².